The summed E-state index contributed by atoms with van der Waals surface area (Å²) >= 11 is 0. The van der Waals surface area contributed by atoms with Crippen LogP contribution in [0.2, 0.25) is 23.2 Å². The van der Waals surface area contributed by atoms with Gasteiger partial charge in [0.2, 0.25) is 0 Å². The normalized spacial score (nSPS) is 19.3. The first kappa shape index (κ1) is 38.3. The number of allylic oxidation sites excluding steroid dienone is 1. The largest absolute Gasteiger partial charge is 0.534 e. The van der Waals surface area contributed by atoms with Gasteiger partial charge in [-0.3, -0.25) is 0 Å². The summed E-state index contributed by atoms with van der Waals surface area (Å²) in [6, 6.07) is 23.2. The smallest absolute Gasteiger partial charge is 0.461 e. The molecule has 0 spiro atoms. The topological polar surface area (TPSA) is 71.1 Å². The van der Waals surface area contributed by atoms with E-state index in [4.69, 9.17) is 13.6 Å². The molecular formula is C34H51F3O6SSi2. The molecule has 2 aromatic carbocycles. The minimum absolute atomic E-state index is 0.212. The van der Waals surface area contributed by atoms with Crippen LogP contribution >= 0.6 is 0 Å². The van der Waals surface area contributed by atoms with Crippen molar-refractivity contribution >= 4 is 37.1 Å². The van der Waals surface area contributed by atoms with E-state index in [1.54, 1.807) is 6.92 Å². The lowest BCUT2D eigenvalue weighted by molar-refractivity contribution is -0.108. The van der Waals surface area contributed by atoms with Crippen molar-refractivity contribution in [3.63, 3.8) is 0 Å². The van der Waals surface area contributed by atoms with Gasteiger partial charge in [0.25, 0.3) is 14.3 Å². The second-order valence-corrected chi connectivity index (χ2v) is 24.5. The lowest BCUT2D eigenvalue weighted by Gasteiger charge is -2.49. The van der Waals surface area contributed by atoms with E-state index in [0.29, 0.717) is 6.42 Å². The maximum atomic E-state index is 13.2. The number of rotatable bonds is 14. The first-order valence-electron chi connectivity index (χ1n) is 16.1. The molecule has 0 fully saturated rings. The highest BCUT2D eigenvalue weighted by Gasteiger charge is 2.54. The van der Waals surface area contributed by atoms with Crippen molar-refractivity contribution in [1.82, 2.24) is 0 Å². The average molecular weight is 701 g/mol. The van der Waals surface area contributed by atoms with Crippen LogP contribution in [0.5, 0.6) is 0 Å². The molecule has 1 heterocycles. The molecule has 12 heteroatoms. The second kappa shape index (κ2) is 14.6. The second-order valence-electron chi connectivity index (χ2n) is 13.9. The Morgan fingerprint density at radius 1 is 0.870 bits per heavy atom. The molecule has 0 bridgehead atoms. The maximum absolute atomic E-state index is 13.2. The van der Waals surface area contributed by atoms with E-state index < -0.39 is 55.8 Å². The van der Waals surface area contributed by atoms with Crippen molar-refractivity contribution in [2.75, 3.05) is 6.61 Å². The number of benzene rings is 2. The van der Waals surface area contributed by atoms with Gasteiger partial charge in [0, 0.05) is 11.5 Å². The summed E-state index contributed by atoms with van der Waals surface area (Å²) < 4.78 is 88.4. The van der Waals surface area contributed by atoms with E-state index in [1.807, 2.05) is 50.2 Å². The average Bonchev–Trinajstić information content (AvgIpc) is 2.98. The quantitative estimate of drug-likeness (QED) is 0.113. The first-order chi connectivity index (χ1) is 21.3. The van der Waals surface area contributed by atoms with Crippen LogP contribution in [0.25, 0.3) is 0 Å². The van der Waals surface area contributed by atoms with Gasteiger partial charge >= 0.3 is 15.6 Å². The lowest BCUT2D eigenvalue weighted by Crippen LogP contribution is -2.67. The Hall–Kier alpha value is -2.13. The van der Waals surface area contributed by atoms with Crippen molar-refractivity contribution in [1.29, 1.82) is 0 Å². The highest BCUT2D eigenvalue weighted by Crippen LogP contribution is 2.43. The molecule has 0 amide bonds. The van der Waals surface area contributed by atoms with E-state index in [2.05, 4.69) is 70.0 Å². The van der Waals surface area contributed by atoms with Gasteiger partial charge in [-0.25, -0.2) is 0 Å². The molecule has 0 saturated carbocycles. The number of hydrogen-bond donors (Lipinski definition) is 0. The summed E-state index contributed by atoms with van der Waals surface area (Å²) in [5.41, 5.74) is -6.39. The van der Waals surface area contributed by atoms with E-state index in [0.717, 1.165) is 28.5 Å². The molecule has 3 rings (SSSR count). The van der Waals surface area contributed by atoms with Crippen LogP contribution in [-0.2, 0) is 27.9 Å². The van der Waals surface area contributed by atoms with E-state index in [9.17, 15) is 21.6 Å². The van der Waals surface area contributed by atoms with Crippen LogP contribution in [-0.4, -0.2) is 49.4 Å². The van der Waals surface area contributed by atoms with Gasteiger partial charge in [-0.05, 0) is 45.9 Å². The number of halogens is 3. The minimum atomic E-state index is -5.89. The molecule has 1 aliphatic heterocycles. The molecule has 0 saturated heterocycles. The van der Waals surface area contributed by atoms with Crippen molar-refractivity contribution < 1.29 is 39.4 Å². The summed E-state index contributed by atoms with van der Waals surface area (Å²) in [7, 11) is -11.1. The fourth-order valence-electron chi connectivity index (χ4n) is 6.40. The summed E-state index contributed by atoms with van der Waals surface area (Å²) in [5.74, 6) is -0.967. The molecule has 2 aromatic rings. The molecular weight excluding hydrogens is 650 g/mol. The Morgan fingerprint density at radius 3 is 1.76 bits per heavy atom. The van der Waals surface area contributed by atoms with Gasteiger partial charge in [0.15, 0.2) is 8.32 Å². The van der Waals surface area contributed by atoms with Crippen LogP contribution in [0.15, 0.2) is 72.7 Å². The van der Waals surface area contributed by atoms with Crippen LogP contribution < -0.4 is 10.4 Å². The molecule has 3 atom stereocenters. The molecule has 0 unspecified atom stereocenters. The number of ether oxygens (including phenoxy) is 1. The minimum Gasteiger partial charge on any atom is -0.461 e. The summed E-state index contributed by atoms with van der Waals surface area (Å²) in [6.45, 7) is 19.0. The summed E-state index contributed by atoms with van der Waals surface area (Å²) in [6.07, 6.45) is 0.491. The number of alkyl halides is 3. The standard InChI is InChI=1S/C34H51F3O6SSi2/c1-10-45(11-2,12-3)43-30(33(8,9)29-23-26(4)24-31(41-29)42-44(38,39)34(35,36)37)25-40-46(32(5,6)7,27-19-15-13-16-20-27)28-21-17-14-18-22-28/h13-22,24,26,29-30H,10-12,23,25H2,1-9H3/t26-,29-,30-/m1/s1. The molecule has 0 aliphatic carbocycles. The highest BCUT2D eigenvalue weighted by atomic mass is 32.2. The summed E-state index contributed by atoms with van der Waals surface area (Å²) in [5, 5.41) is 1.95. The molecule has 0 aromatic heterocycles. The Morgan fingerprint density at radius 2 is 1.35 bits per heavy atom. The van der Waals surface area contributed by atoms with E-state index in [1.165, 1.54) is 6.08 Å². The van der Waals surface area contributed by atoms with Crippen molar-refractivity contribution in [2.24, 2.45) is 11.3 Å². The molecule has 0 radical (unpaired) electrons. The zero-order valence-electron chi connectivity index (χ0n) is 28.6. The summed E-state index contributed by atoms with van der Waals surface area (Å²) in [4.78, 5) is 0. The molecule has 6 nitrogen and oxygen atoms in total. The molecule has 0 N–H and O–H groups in total. The predicted octanol–water partition coefficient (Wildman–Crippen LogP) is 8.11. The van der Waals surface area contributed by atoms with Crippen molar-refractivity contribution in [2.45, 2.75) is 110 Å². The Kier molecular flexibility index (Phi) is 12.1. The fourth-order valence-corrected chi connectivity index (χ4v) is 14.3. The van der Waals surface area contributed by atoms with Crippen LogP contribution in [0.3, 0.4) is 0 Å². The predicted molar refractivity (Wildman–Crippen MR) is 182 cm³/mol. The monoisotopic (exact) mass is 700 g/mol. The van der Waals surface area contributed by atoms with Gasteiger partial charge in [0.1, 0.15) is 6.10 Å². The first-order valence-corrected chi connectivity index (χ1v) is 21.9. The van der Waals surface area contributed by atoms with E-state index >= 15 is 0 Å². The Labute approximate surface area is 276 Å². The molecule has 258 valence electrons. The third-order valence-corrected chi connectivity index (χ3v) is 20.2. The van der Waals surface area contributed by atoms with Crippen LogP contribution in [0.4, 0.5) is 13.2 Å². The molecule has 46 heavy (non-hydrogen) atoms. The van der Waals surface area contributed by atoms with Gasteiger partial charge in [0.05, 0.1) is 12.7 Å². The van der Waals surface area contributed by atoms with E-state index in [-0.39, 0.29) is 17.6 Å². The SMILES string of the molecule is CC[Si](CC)(CC)O[C@H](CO[Si](c1ccccc1)(c1ccccc1)C(C)(C)C)C(C)(C)[C@H]1C[C@@H](C)C=C(OS(=O)(=O)C(F)(F)F)O1. The Balaban J connectivity index is 2.11. The van der Waals surface area contributed by atoms with Crippen LogP contribution in [0.1, 0.15) is 68.7 Å². The fraction of sp³-hybridized carbons (Fsp3) is 0.588. The zero-order chi connectivity index (χ0) is 34.6. The molecule has 1 aliphatic rings. The van der Waals surface area contributed by atoms with Gasteiger partial charge < -0.3 is 17.8 Å². The van der Waals surface area contributed by atoms with Crippen LogP contribution in [0, 0.1) is 11.3 Å². The third kappa shape index (κ3) is 8.11. The van der Waals surface area contributed by atoms with Gasteiger partial charge in [-0.2, -0.15) is 21.6 Å². The van der Waals surface area contributed by atoms with Crippen molar-refractivity contribution in [3.8, 4) is 0 Å². The zero-order valence-corrected chi connectivity index (χ0v) is 31.4. The van der Waals surface area contributed by atoms with Gasteiger partial charge in [-0.15, -0.1) is 0 Å². The highest BCUT2D eigenvalue weighted by molar-refractivity contribution is 7.87. The van der Waals surface area contributed by atoms with Crippen molar-refractivity contribution in [3.05, 3.63) is 72.7 Å². The van der Waals surface area contributed by atoms with Gasteiger partial charge in [-0.1, -0.05) is 123 Å². The Bertz CT molecular complexity index is 1360. The third-order valence-electron chi connectivity index (χ3n) is 9.59. The maximum Gasteiger partial charge on any atom is 0.534 e. The number of hydrogen-bond acceptors (Lipinski definition) is 6. The lowest BCUT2D eigenvalue weighted by atomic mass is 9.77.